The number of ether oxygens (including phenoxy) is 2. The first-order valence-corrected chi connectivity index (χ1v) is 8.46. The van der Waals surface area contributed by atoms with Gasteiger partial charge in [-0.15, -0.1) is 0 Å². The second kappa shape index (κ2) is 7.94. The number of hydrogen-bond acceptors (Lipinski definition) is 4. The molecule has 1 aromatic heterocycles. The lowest BCUT2D eigenvalue weighted by Crippen LogP contribution is -2.03. The Bertz CT molecular complexity index is 864. The summed E-state index contributed by atoms with van der Waals surface area (Å²) in [4.78, 5) is 16.6. The number of aromatic nitrogens is 1. The van der Waals surface area contributed by atoms with Crippen LogP contribution in [0.15, 0.2) is 71.5 Å². The third kappa shape index (κ3) is 4.45. The highest BCUT2D eigenvalue weighted by Gasteiger charge is 2.11. The van der Waals surface area contributed by atoms with E-state index in [1.165, 1.54) is 0 Å². The fourth-order valence-electron chi connectivity index (χ4n) is 2.33. The van der Waals surface area contributed by atoms with Crippen LogP contribution in [-0.4, -0.2) is 17.9 Å². The number of halogens is 1. The highest BCUT2D eigenvalue weighted by Crippen LogP contribution is 2.24. The van der Waals surface area contributed by atoms with Crippen LogP contribution >= 0.6 is 15.9 Å². The Kier molecular flexibility index (Phi) is 5.46. The zero-order valence-corrected chi connectivity index (χ0v) is 15.2. The first kappa shape index (κ1) is 17.2. The molecule has 4 nitrogen and oxygen atoms in total. The van der Waals surface area contributed by atoms with Crippen LogP contribution in [0, 0.1) is 0 Å². The molecule has 25 heavy (non-hydrogen) atoms. The van der Waals surface area contributed by atoms with Gasteiger partial charge in [-0.2, -0.15) is 0 Å². The van der Waals surface area contributed by atoms with Crippen molar-refractivity contribution in [1.29, 1.82) is 0 Å². The van der Waals surface area contributed by atoms with E-state index in [4.69, 9.17) is 9.47 Å². The predicted octanol–water partition coefficient (Wildman–Crippen LogP) is 4.66. The largest absolute Gasteiger partial charge is 0.497 e. The van der Waals surface area contributed by atoms with Gasteiger partial charge in [-0.1, -0.05) is 28.1 Å². The van der Waals surface area contributed by atoms with Crippen molar-refractivity contribution in [3.63, 3.8) is 0 Å². The monoisotopic (exact) mass is 397 g/mol. The Hall–Kier alpha value is -2.66. The molecule has 0 spiro atoms. The van der Waals surface area contributed by atoms with E-state index in [-0.39, 0.29) is 5.78 Å². The molecule has 0 atom stereocenters. The predicted molar refractivity (Wildman–Crippen MR) is 99.1 cm³/mol. The van der Waals surface area contributed by atoms with Crippen LogP contribution in [-0.2, 0) is 6.61 Å². The van der Waals surface area contributed by atoms with Gasteiger partial charge in [0.15, 0.2) is 5.78 Å². The molecule has 0 bridgehead atoms. The van der Waals surface area contributed by atoms with Crippen LogP contribution in [0.5, 0.6) is 11.5 Å². The first-order valence-electron chi connectivity index (χ1n) is 7.67. The SMILES string of the molecule is COc1ccc(COc2cc(Br)cc(C(=O)c3cccnc3)c2)cc1. The quantitative estimate of drug-likeness (QED) is 0.567. The number of nitrogens with zero attached hydrogens (tertiary/aromatic N) is 1. The third-order valence-corrected chi connectivity index (χ3v) is 4.08. The Morgan fingerprint density at radius 2 is 1.84 bits per heavy atom. The summed E-state index contributed by atoms with van der Waals surface area (Å²) in [5.41, 5.74) is 2.11. The van der Waals surface area contributed by atoms with Crippen LogP contribution in [0.3, 0.4) is 0 Å². The van der Waals surface area contributed by atoms with E-state index in [0.29, 0.717) is 23.5 Å². The molecule has 0 amide bonds. The maximum atomic E-state index is 12.6. The van der Waals surface area contributed by atoms with Crippen molar-refractivity contribution >= 4 is 21.7 Å². The van der Waals surface area contributed by atoms with Crippen molar-refractivity contribution in [3.05, 3.63) is 88.2 Å². The van der Waals surface area contributed by atoms with E-state index < -0.39 is 0 Å². The normalized spacial score (nSPS) is 10.3. The Morgan fingerprint density at radius 3 is 2.52 bits per heavy atom. The number of carbonyl (C=O) groups excluding carboxylic acids is 1. The summed E-state index contributed by atoms with van der Waals surface area (Å²) in [6.07, 6.45) is 3.20. The molecule has 0 aliphatic heterocycles. The van der Waals surface area contributed by atoms with Gasteiger partial charge in [-0.3, -0.25) is 9.78 Å². The van der Waals surface area contributed by atoms with E-state index in [9.17, 15) is 4.79 Å². The van der Waals surface area contributed by atoms with Gasteiger partial charge in [0, 0.05) is 28.0 Å². The number of benzene rings is 2. The third-order valence-electron chi connectivity index (χ3n) is 3.62. The number of ketones is 1. The van der Waals surface area contributed by atoms with Crippen LogP contribution < -0.4 is 9.47 Å². The summed E-state index contributed by atoms with van der Waals surface area (Å²) < 4.78 is 11.8. The molecule has 0 aliphatic rings. The maximum absolute atomic E-state index is 12.6. The van der Waals surface area contributed by atoms with Crippen molar-refractivity contribution in [2.45, 2.75) is 6.61 Å². The summed E-state index contributed by atoms with van der Waals surface area (Å²) in [6.45, 7) is 0.404. The average molecular weight is 398 g/mol. The standard InChI is InChI=1S/C20H16BrNO3/c1-24-18-6-4-14(5-7-18)13-25-19-10-16(9-17(21)11-19)20(23)15-3-2-8-22-12-15/h2-12H,13H2,1H3. The second-order valence-electron chi connectivity index (χ2n) is 5.38. The molecule has 0 saturated heterocycles. The lowest BCUT2D eigenvalue weighted by atomic mass is 10.1. The molecule has 0 unspecified atom stereocenters. The minimum absolute atomic E-state index is 0.0938. The fourth-order valence-corrected chi connectivity index (χ4v) is 2.80. The second-order valence-corrected chi connectivity index (χ2v) is 6.30. The molecule has 0 N–H and O–H groups in total. The summed E-state index contributed by atoms with van der Waals surface area (Å²) in [5.74, 6) is 1.33. The molecule has 0 saturated carbocycles. The van der Waals surface area contributed by atoms with Crippen molar-refractivity contribution < 1.29 is 14.3 Å². The molecule has 2 aromatic carbocycles. The van der Waals surface area contributed by atoms with Gasteiger partial charge in [0.05, 0.1) is 7.11 Å². The molecule has 0 fully saturated rings. The van der Waals surface area contributed by atoms with Crippen LogP contribution in [0.4, 0.5) is 0 Å². The summed E-state index contributed by atoms with van der Waals surface area (Å²) in [5, 5.41) is 0. The maximum Gasteiger partial charge on any atom is 0.194 e. The van der Waals surface area contributed by atoms with Crippen molar-refractivity contribution in [3.8, 4) is 11.5 Å². The molecule has 0 aliphatic carbocycles. The van der Waals surface area contributed by atoms with E-state index in [0.717, 1.165) is 15.8 Å². The number of carbonyl (C=O) groups is 1. The zero-order valence-electron chi connectivity index (χ0n) is 13.6. The van der Waals surface area contributed by atoms with E-state index in [1.54, 1.807) is 43.8 Å². The van der Waals surface area contributed by atoms with Crippen molar-refractivity contribution in [2.75, 3.05) is 7.11 Å². The van der Waals surface area contributed by atoms with Gasteiger partial charge in [0.1, 0.15) is 18.1 Å². The van der Waals surface area contributed by atoms with E-state index >= 15 is 0 Å². The first-order chi connectivity index (χ1) is 12.2. The Labute approximate surface area is 154 Å². The van der Waals surface area contributed by atoms with Crippen molar-refractivity contribution in [2.24, 2.45) is 0 Å². The topological polar surface area (TPSA) is 48.4 Å². The molecule has 1 heterocycles. The Balaban J connectivity index is 1.76. The van der Waals surface area contributed by atoms with Gasteiger partial charge in [-0.25, -0.2) is 0 Å². The molecule has 3 rings (SSSR count). The number of methoxy groups -OCH3 is 1. The highest BCUT2D eigenvalue weighted by molar-refractivity contribution is 9.10. The van der Waals surface area contributed by atoms with Crippen LogP contribution in [0.2, 0.25) is 0 Å². The van der Waals surface area contributed by atoms with Gasteiger partial charge in [0.25, 0.3) is 0 Å². The fraction of sp³-hybridized carbons (Fsp3) is 0.100. The lowest BCUT2D eigenvalue weighted by Gasteiger charge is -2.10. The summed E-state index contributed by atoms with van der Waals surface area (Å²) in [7, 11) is 1.63. The van der Waals surface area contributed by atoms with Crippen molar-refractivity contribution in [1.82, 2.24) is 4.98 Å². The molecule has 5 heteroatoms. The highest BCUT2D eigenvalue weighted by atomic mass is 79.9. The summed E-state index contributed by atoms with van der Waals surface area (Å²) in [6, 6.07) is 16.5. The van der Waals surface area contributed by atoms with Gasteiger partial charge in [-0.05, 0) is 48.0 Å². The minimum atomic E-state index is -0.0938. The molecule has 3 aromatic rings. The van der Waals surface area contributed by atoms with Crippen LogP contribution in [0.1, 0.15) is 21.5 Å². The van der Waals surface area contributed by atoms with Crippen LogP contribution in [0.25, 0.3) is 0 Å². The minimum Gasteiger partial charge on any atom is -0.497 e. The average Bonchev–Trinajstić information content (AvgIpc) is 2.66. The number of hydrogen-bond donors (Lipinski definition) is 0. The molecule has 0 radical (unpaired) electrons. The lowest BCUT2D eigenvalue weighted by molar-refractivity contribution is 0.103. The summed E-state index contributed by atoms with van der Waals surface area (Å²) >= 11 is 3.43. The smallest absolute Gasteiger partial charge is 0.194 e. The molecular weight excluding hydrogens is 382 g/mol. The molecule has 126 valence electrons. The van der Waals surface area contributed by atoms with E-state index in [1.807, 2.05) is 30.3 Å². The zero-order chi connectivity index (χ0) is 17.6. The number of pyridine rings is 1. The number of rotatable bonds is 6. The molecular formula is C20H16BrNO3. The van der Waals surface area contributed by atoms with Gasteiger partial charge in [0.2, 0.25) is 0 Å². The van der Waals surface area contributed by atoms with Gasteiger partial charge < -0.3 is 9.47 Å². The van der Waals surface area contributed by atoms with E-state index in [2.05, 4.69) is 20.9 Å². The van der Waals surface area contributed by atoms with Gasteiger partial charge >= 0.3 is 0 Å². The Morgan fingerprint density at radius 1 is 1.04 bits per heavy atom.